The molecule has 1 unspecified atom stereocenters. The van der Waals surface area contributed by atoms with Crippen molar-refractivity contribution in [3.05, 3.63) is 29.8 Å². The van der Waals surface area contributed by atoms with Gasteiger partial charge in [-0.1, -0.05) is 0 Å². The van der Waals surface area contributed by atoms with Crippen molar-refractivity contribution in [3.63, 3.8) is 0 Å². The fourth-order valence-corrected chi connectivity index (χ4v) is 2.23. The molecule has 2 N–H and O–H groups in total. The van der Waals surface area contributed by atoms with Gasteiger partial charge in [0, 0.05) is 18.8 Å². The van der Waals surface area contributed by atoms with Crippen molar-refractivity contribution in [2.45, 2.75) is 12.8 Å². The fourth-order valence-electron chi connectivity index (χ4n) is 2.23. The van der Waals surface area contributed by atoms with Crippen LogP contribution in [0.5, 0.6) is 0 Å². The first kappa shape index (κ1) is 12.4. The normalized spacial score (nSPS) is 19.6. The number of piperidine rings is 1. The van der Waals surface area contributed by atoms with Crippen LogP contribution in [0, 0.1) is 5.92 Å². The van der Waals surface area contributed by atoms with Crippen LogP contribution in [0.1, 0.15) is 23.2 Å². The van der Waals surface area contributed by atoms with Gasteiger partial charge in [0.2, 0.25) is 0 Å². The smallest absolute Gasteiger partial charge is 0.335 e. The zero-order valence-corrected chi connectivity index (χ0v) is 9.87. The molecule has 1 aliphatic rings. The van der Waals surface area contributed by atoms with E-state index in [1.807, 2.05) is 4.90 Å². The minimum atomic E-state index is -0.955. The minimum Gasteiger partial charge on any atom is -0.481 e. The number of carboxylic acids is 2. The van der Waals surface area contributed by atoms with Gasteiger partial charge in [-0.25, -0.2) is 4.79 Å². The molecule has 1 saturated heterocycles. The minimum absolute atomic E-state index is 0.241. The molecule has 1 aromatic carbocycles. The molecule has 5 nitrogen and oxygen atoms in total. The van der Waals surface area contributed by atoms with Crippen molar-refractivity contribution >= 4 is 17.6 Å². The Morgan fingerprint density at radius 1 is 1.17 bits per heavy atom. The van der Waals surface area contributed by atoms with E-state index >= 15 is 0 Å². The molecule has 1 aliphatic heterocycles. The van der Waals surface area contributed by atoms with Gasteiger partial charge >= 0.3 is 11.9 Å². The number of aliphatic carboxylic acids is 1. The highest BCUT2D eigenvalue weighted by Crippen LogP contribution is 2.23. The lowest BCUT2D eigenvalue weighted by Crippen LogP contribution is -2.38. The number of benzene rings is 1. The third kappa shape index (κ3) is 2.61. The van der Waals surface area contributed by atoms with Crippen LogP contribution in [0.4, 0.5) is 5.69 Å². The molecule has 0 saturated carbocycles. The first-order valence-electron chi connectivity index (χ1n) is 5.89. The molecular formula is C13H15NO4. The largest absolute Gasteiger partial charge is 0.481 e. The monoisotopic (exact) mass is 249 g/mol. The molecule has 0 aromatic heterocycles. The second-order valence-corrected chi connectivity index (χ2v) is 4.48. The summed E-state index contributed by atoms with van der Waals surface area (Å²) >= 11 is 0. The molecule has 5 heteroatoms. The topological polar surface area (TPSA) is 77.8 Å². The van der Waals surface area contributed by atoms with E-state index in [2.05, 4.69) is 0 Å². The van der Waals surface area contributed by atoms with Gasteiger partial charge in [-0.15, -0.1) is 0 Å². The van der Waals surface area contributed by atoms with E-state index in [0.717, 1.165) is 18.7 Å². The van der Waals surface area contributed by atoms with Crippen molar-refractivity contribution in [1.82, 2.24) is 0 Å². The summed E-state index contributed by atoms with van der Waals surface area (Å²) in [6, 6.07) is 6.55. The number of hydrogen-bond donors (Lipinski definition) is 2. The van der Waals surface area contributed by atoms with Gasteiger partial charge < -0.3 is 15.1 Å². The van der Waals surface area contributed by atoms with E-state index in [4.69, 9.17) is 10.2 Å². The van der Waals surface area contributed by atoms with E-state index in [-0.39, 0.29) is 11.5 Å². The average molecular weight is 249 g/mol. The highest BCUT2D eigenvalue weighted by molar-refractivity contribution is 5.88. The zero-order chi connectivity index (χ0) is 13.1. The molecule has 0 aliphatic carbocycles. The molecule has 1 atom stereocenters. The Kier molecular flexibility index (Phi) is 3.50. The van der Waals surface area contributed by atoms with Gasteiger partial charge in [0.05, 0.1) is 11.5 Å². The van der Waals surface area contributed by atoms with Crippen molar-refractivity contribution in [2.75, 3.05) is 18.0 Å². The Morgan fingerprint density at radius 3 is 2.39 bits per heavy atom. The van der Waals surface area contributed by atoms with Crippen LogP contribution >= 0.6 is 0 Å². The lowest BCUT2D eigenvalue weighted by molar-refractivity contribution is -0.141. The van der Waals surface area contributed by atoms with Crippen LogP contribution in [-0.4, -0.2) is 35.2 Å². The van der Waals surface area contributed by atoms with Gasteiger partial charge in [0.25, 0.3) is 0 Å². The fraction of sp³-hybridized carbons (Fsp3) is 0.385. The predicted octanol–water partition coefficient (Wildman–Crippen LogP) is 1.69. The molecule has 1 aromatic rings. The molecule has 0 spiro atoms. The zero-order valence-electron chi connectivity index (χ0n) is 9.87. The summed E-state index contributed by atoms with van der Waals surface area (Å²) in [5.41, 5.74) is 1.12. The maximum Gasteiger partial charge on any atom is 0.335 e. The maximum absolute atomic E-state index is 11.0. The second-order valence-electron chi connectivity index (χ2n) is 4.48. The first-order valence-corrected chi connectivity index (χ1v) is 5.89. The molecule has 0 amide bonds. The van der Waals surface area contributed by atoms with Crippen molar-refractivity contribution in [1.29, 1.82) is 0 Å². The van der Waals surface area contributed by atoms with Crippen molar-refractivity contribution < 1.29 is 19.8 Å². The van der Waals surface area contributed by atoms with Gasteiger partial charge in [0.15, 0.2) is 0 Å². The molecule has 18 heavy (non-hydrogen) atoms. The number of anilines is 1. The Hall–Kier alpha value is -2.04. The third-order valence-electron chi connectivity index (χ3n) is 3.25. The quantitative estimate of drug-likeness (QED) is 0.852. The van der Waals surface area contributed by atoms with E-state index in [9.17, 15) is 9.59 Å². The summed E-state index contributed by atoms with van der Waals surface area (Å²) in [6.07, 6.45) is 1.55. The summed E-state index contributed by atoms with van der Waals surface area (Å²) in [5.74, 6) is -2.05. The highest BCUT2D eigenvalue weighted by Gasteiger charge is 2.25. The summed E-state index contributed by atoms with van der Waals surface area (Å²) in [4.78, 5) is 23.7. The molecule has 96 valence electrons. The Labute approximate surface area is 105 Å². The van der Waals surface area contributed by atoms with E-state index < -0.39 is 11.9 Å². The molecule has 1 heterocycles. The number of hydrogen-bond acceptors (Lipinski definition) is 3. The van der Waals surface area contributed by atoms with E-state index in [1.165, 1.54) is 0 Å². The van der Waals surface area contributed by atoms with Gasteiger partial charge in [-0.2, -0.15) is 0 Å². The van der Waals surface area contributed by atoms with Crippen LogP contribution in [0.15, 0.2) is 24.3 Å². The predicted molar refractivity (Wildman–Crippen MR) is 66.0 cm³/mol. The first-order chi connectivity index (χ1) is 8.58. The van der Waals surface area contributed by atoms with Crippen molar-refractivity contribution in [3.8, 4) is 0 Å². The molecule has 0 radical (unpaired) electrons. The number of rotatable bonds is 3. The SMILES string of the molecule is O=C(O)c1ccc(N2CCCC(C(=O)O)C2)cc1. The van der Waals surface area contributed by atoms with Crippen LogP contribution in [0.3, 0.4) is 0 Å². The number of aromatic carboxylic acids is 1. The van der Waals surface area contributed by atoms with Gasteiger partial charge in [-0.3, -0.25) is 4.79 Å². The number of carbonyl (C=O) groups is 2. The summed E-state index contributed by atoms with van der Waals surface area (Å²) in [5, 5.41) is 17.8. The summed E-state index contributed by atoms with van der Waals surface area (Å²) < 4.78 is 0. The Morgan fingerprint density at radius 2 is 1.83 bits per heavy atom. The standard InChI is InChI=1S/C13H15NO4/c15-12(16)9-3-5-11(6-4-9)14-7-1-2-10(8-14)13(17)18/h3-6,10H,1-2,7-8H2,(H,15,16)(H,17,18). The lowest BCUT2D eigenvalue weighted by atomic mass is 9.97. The molecule has 1 fully saturated rings. The van der Waals surface area contributed by atoms with Crippen LogP contribution < -0.4 is 4.90 Å². The summed E-state index contributed by atoms with van der Waals surface area (Å²) in [7, 11) is 0. The number of carboxylic acid groups (broad SMARTS) is 2. The summed E-state index contributed by atoms with van der Waals surface area (Å²) in [6.45, 7) is 1.30. The van der Waals surface area contributed by atoms with Crippen LogP contribution in [0.25, 0.3) is 0 Å². The molecular weight excluding hydrogens is 234 g/mol. The van der Waals surface area contributed by atoms with E-state index in [0.29, 0.717) is 13.0 Å². The van der Waals surface area contributed by atoms with Crippen LogP contribution in [0.2, 0.25) is 0 Å². The Bertz CT molecular complexity index is 455. The molecule has 0 bridgehead atoms. The maximum atomic E-state index is 11.0. The van der Waals surface area contributed by atoms with Gasteiger partial charge in [-0.05, 0) is 37.1 Å². The van der Waals surface area contributed by atoms with Crippen LogP contribution in [-0.2, 0) is 4.79 Å². The second kappa shape index (κ2) is 5.08. The molecule has 2 rings (SSSR count). The number of nitrogens with zero attached hydrogens (tertiary/aromatic N) is 1. The third-order valence-corrected chi connectivity index (χ3v) is 3.25. The van der Waals surface area contributed by atoms with Gasteiger partial charge in [0.1, 0.15) is 0 Å². The Balaban J connectivity index is 2.11. The highest BCUT2D eigenvalue weighted by atomic mass is 16.4. The average Bonchev–Trinajstić information content (AvgIpc) is 2.39. The lowest BCUT2D eigenvalue weighted by Gasteiger charge is -2.32. The van der Waals surface area contributed by atoms with E-state index in [1.54, 1.807) is 24.3 Å². The van der Waals surface area contributed by atoms with Crippen molar-refractivity contribution in [2.24, 2.45) is 5.92 Å².